The molecule has 128 valence electrons. The molecule has 0 aliphatic heterocycles. The van der Waals surface area contributed by atoms with Crippen LogP contribution in [-0.2, 0) is 0 Å². The van der Waals surface area contributed by atoms with E-state index in [4.69, 9.17) is 0 Å². The van der Waals surface area contributed by atoms with Gasteiger partial charge < -0.3 is 0 Å². The predicted octanol–water partition coefficient (Wildman–Crippen LogP) is 6.40. The van der Waals surface area contributed by atoms with Crippen LogP contribution in [0.15, 0.2) is 88.3 Å². The third kappa shape index (κ3) is 5.11. The molecule has 0 heterocycles. The van der Waals surface area contributed by atoms with Crippen molar-refractivity contribution in [1.29, 1.82) is 0 Å². The molecular formula is C23H18BrNO. The Bertz CT molecular complexity index is 954. The van der Waals surface area contributed by atoms with Crippen molar-refractivity contribution in [2.75, 3.05) is 0 Å². The van der Waals surface area contributed by atoms with Crippen LogP contribution in [0.1, 0.15) is 27.0 Å². The van der Waals surface area contributed by atoms with E-state index in [0.29, 0.717) is 5.56 Å². The zero-order valence-corrected chi connectivity index (χ0v) is 16.0. The molecule has 0 aliphatic carbocycles. The van der Waals surface area contributed by atoms with Crippen LogP contribution in [0.3, 0.4) is 0 Å². The average molecular weight is 404 g/mol. The lowest BCUT2D eigenvalue weighted by Gasteiger charge is -1.99. The van der Waals surface area contributed by atoms with Gasteiger partial charge in [0.15, 0.2) is 5.78 Å². The molecule has 0 unspecified atom stereocenters. The van der Waals surface area contributed by atoms with Gasteiger partial charge in [-0.1, -0.05) is 76.1 Å². The molecule has 0 saturated carbocycles. The van der Waals surface area contributed by atoms with E-state index >= 15 is 0 Å². The molecule has 0 aromatic heterocycles. The van der Waals surface area contributed by atoms with Gasteiger partial charge in [0, 0.05) is 16.3 Å². The molecule has 2 nitrogen and oxygen atoms in total. The maximum Gasteiger partial charge on any atom is 0.185 e. The molecule has 0 saturated heterocycles. The van der Waals surface area contributed by atoms with Gasteiger partial charge in [-0.05, 0) is 48.4 Å². The Morgan fingerprint density at radius 1 is 0.923 bits per heavy atom. The fourth-order valence-electron chi connectivity index (χ4n) is 2.38. The lowest BCUT2D eigenvalue weighted by Crippen LogP contribution is -1.93. The van der Waals surface area contributed by atoms with Gasteiger partial charge >= 0.3 is 0 Å². The number of rotatable bonds is 5. The summed E-state index contributed by atoms with van der Waals surface area (Å²) in [6.45, 7) is 2.05. The highest BCUT2D eigenvalue weighted by molar-refractivity contribution is 9.10. The number of allylic oxidation sites excluding steroid dienone is 1. The van der Waals surface area contributed by atoms with Gasteiger partial charge in [-0.3, -0.25) is 9.79 Å². The average Bonchev–Trinajstić information content (AvgIpc) is 2.67. The molecule has 3 aromatic rings. The summed E-state index contributed by atoms with van der Waals surface area (Å²) in [5.41, 5.74) is 4.61. The molecule has 26 heavy (non-hydrogen) atoms. The minimum Gasteiger partial charge on any atom is -0.289 e. The summed E-state index contributed by atoms with van der Waals surface area (Å²) in [4.78, 5) is 16.9. The normalized spacial score (nSPS) is 11.3. The fourth-order valence-corrected chi connectivity index (χ4v) is 2.65. The zero-order valence-electron chi connectivity index (χ0n) is 14.4. The SMILES string of the molecule is Cc1ccc(C=Nc2cccc(C(=O)/C=C/c3ccc(Br)cc3)c2)cc1. The minimum atomic E-state index is -0.0414. The van der Waals surface area contributed by atoms with Crippen LogP contribution >= 0.6 is 15.9 Å². The van der Waals surface area contributed by atoms with Crippen molar-refractivity contribution in [3.63, 3.8) is 0 Å². The molecule has 0 amide bonds. The van der Waals surface area contributed by atoms with E-state index in [9.17, 15) is 4.79 Å². The van der Waals surface area contributed by atoms with Crippen molar-refractivity contribution in [2.45, 2.75) is 6.92 Å². The summed E-state index contributed by atoms with van der Waals surface area (Å²) < 4.78 is 1.01. The zero-order chi connectivity index (χ0) is 18.4. The number of ketones is 1. The van der Waals surface area contributed by atoms with Crippen molar-refractivity contribution in [1.82, 2.24) is 0 Å². The van der Waals surface area contributed by atoms with Crippen molar-refractivity contribution >= 4 is 39.7 Å². The number of hydrogen-bond donors (Lipinski definition) is 0. The number of hydrogen-bond acceptors (Lipinski definition) is 2. The Morgan fingerprint density at radius 3 is 2.35 bits per heavy atom. The number of carbonyl (C=O) groups is 1. The van der Waals surface area contributed by atoms with E-state index in [0.717, 1.165) is 21.3 Å². The van der Waals surface area contributed by atoms with E-state index in [1.807, 2.05) is 66.7 Å². The molecule has 0 aliphatic rings. The summed E-state index contributed by atoms with van der Waals surface area (Å²) in [5.74, 6) is -0.0414. The number of aryl methyl sites for hydroxylation is 1. The number of nitrogens with zero attached hydrogens (tertiary/aromatic N) is 1. The van der Waals surface area contributed by atoms with E-state index in [-0.39, 0.29) is 5.78 Å². The van der Waals surface area contributed by atoms with Crippen LogP contribution in [0.25, 0.3) is 6.08 Å². The second-order valence-electron chi connectivity index (χ2n) is 5.97. The molecule has 0 fully saturated rings. The number of benzene rings is 3. The van der Waals surface area contributed by atoms with Crippen molar-refractivity contribution < 1.29 is 4.79 Å². The van der Waals surface area contributed by atoms with Crippen LogP contribution in [-0.4, -0.2) is 12.0 Å². The number of carbonyl (C=O) groups excluding carboxylic acids is 1. The smallest absolute Gasteiger partial charge is 0.185 e. The molecule has 3 rings (SSSR count). The van der Waals surface area contributed by atoms with Crippen LogP contribution in [0, 0.1) is 6.92 Å². The lowest BCUT2D eigenvalue weighted by molar-refractivity contribution is 0.104. The summed E-state index contributed by atoms with van der Waals surface area (Å²) >= 11 is 3.40. The highest BCUT2D eigenvalue weighted by Gasteiger charge is 2.02. The van der Waals surface area contributed by atoms with Gasteiger partial charge in [0.05, 0.1) is 5.69 Å². The van der Waals surface area contributed by atoms with Crippen molar-refractivity contribution in [3.8, 4) is 0 Å². The predicted molar refractivity (Wildman–Crippen MR) is 112 cm³/mol. The van der Waals surface area contributed by atoms with Gasteiger partial charge in [0.1, 0.15) is 0 Å². The molecular weight excluding hydrogens is 386 g/mol. The van der Waals surface area contributed by atoms with E-state index in [1.165, 1.54) is 5.56 Å². The number of aliphatic imine (C=N–C) groups is 1. The second kappa shape index (κ2) is 8.54. The maximum absolute atomic E-state index is 12.4. The first kappa shape index (κ1) is 18.0. The van der Waals surface area contributed by atoms with Crippen LogP contribution in [0.2, 0.25) is 0 Å². The second-order valence-corrected chi connectivity index (χ2v) is 6.88. The van der Waals surface area contributed by atoms with Gasteiger partial charge in [-0.2, -0.15) is 0 Å². The highest BCUT2D eigenvalue weighted by Crippen LogP contribution is 2.16. The quantitative estimate of drug-likeness (QED) is 0.275. The maximum atomic E-state index is 12.4. The summed E-state index contributed by atoms with van der Waals surface area (Å²) in [7, 11) is 0. The fraction of sp³-hybridized carbons (Fsp3) is 0.0435. The minimum absolute atomic E-state index is 0.0414. The summed E-state index contributed by atoms with van der Waals surface area (Å²) in [5, 5.41) is 0. The molecule has 0 N–H and O–H groups in total. The molecule has 0 atom stereocenters. The largest absolute Gasteiger partial charge is 0.289 e. The third-order valence-corrected chi connectivity index (χ3v) is 4.40. The van der Waals surface area contributed by atoms with E-state index < -0.39 is 0 Å². The summed E-state index contributed by atoms with van der Waals surface area (Å²) in [6, 6.07) is 23.3. The Balaban J connectivity index is 1.72. The van der Waals surface area contributed by atoms with Gasteiger partial charge in [0.2, 0.25) is 0 Å². The van der Waals surface area contributed by atoms with Crippen LogP contribution < -0.4 is 0 Å². The Labute approximate surface area is 162 Å². The first-order valence-electron chi connectivity index (χ1n) is 8.29. The molecule has 0 radical (unpaired) electrons. The van der Waals surface area contributed by atoms with Crippen LogP contribution in [0.4, 0.5) is 5.69 Å². The first-order valence-corrected chi connectivity index (χ1v) is 9.08. The lowest BCUT2D eigenvalue weighted by atomic mass is 10.1. The van der Waals surface area contributed by atoms with E-state index in [2.05, 4.69) is 27.8 Å². The van der Waals surface area contributed by atoms with Crippen molar-refractivity contribution in [3.05, 3.63) is 106 Å². The monoisotopic (exact) mass is 403 g/mol. The molecule has 0 spiro atoms. The van der Waals surface area contributed by atoms with Crippen LogP contribution in [0.5, 0.6) is 0 Å². The molecule has 0 bridgehead atoms. The van der Waals surface area contributed by atoms with Gasteiger partial charge in [-0.25, -0.2) is 0 Å². The topological polar surface area (TPSA) is 29.4 Å². The Morgan fingerprint density at radius 2 is 1.62 bits per heavy atom. The standard InChI is InChI=1S/C23H18BrNO/c1-17-5-7-19(8-6-17)16-25-22-4-2-3-20(15-22)23(26)14-11-18-9-12-21(24)13-10-18/h2-16H,1H3/b14-11+,25-16?. The van der Waals surface area contributed by atoms with Crippen molar-refractivity contribution in [2.24, 2.45) is 4.99 Å². The molecule has 3 aromatic carbocycles. The summed E-state index contributed by atoms with van der Waals surface area (Å²) in [6.07, 6.45) is 5.21. The highest BCUT2D eigenvalue weighted by atomic mass is 79.9. The third-order valence-electron chi connectivity index (χ3n) is 3.87. The first-order chi connectivity index (χ1) is 12.6. The van der Waals surface area contributed by atoms with E-state index in [1.54, 1.807) is 24.4 Å². The molecule has 3 heteroatoms. The Kier molecular flexibility index (Phi) is 5.92. The van der Waals surface area contributed by atoms with Gasteiger partial charge in [-0.15, -0.1) is 0 Å². The number of halogens is 1. The van der Waals surface area contributed by atoms with Gasteiger partial charge in [0.25, 0.3) is 0 Å². The Hall–Kier alpha value is -2.78.